The van der Waals surface area contributed by atoms with Crippen molar-refractivity contribution in [1.82, 2.24) is 0 Å². The molecule has 0 unspecified atom stereocenters. The Morgan fingerprint density at radius 1 is 1.38 bits per heavy atom. The van der Waals surface area contributed by atoms with E-state index in [2.05, 4.69) is 0 Å². The molecule has 0 heterocycles. The van der Waals surface area contributed by atoms with Gasteiger partial charge in [0.1, 0.15) is 0 Å². The first-order chi connectivity index (χ1) is 3.56. The topological polar surface area (TPSA) is 40.5 Å². The monoisotopic (exact) mass is 138 g/mol. The van der Waals surface area contributed by atoms with Crippen LogP contribution in [0.4, 0.5) is 0 Å². The Labute approximate surface area is 52.3 Å². The summed E-state index contributed by atoms with van der Waals surface area (Å²) in [6.07, 6.45) is 3.44. The Morgan fingerprint density at radius 2 is 1.88 bits per heavy atom. The van der Waals surface area contributed by atoms with E-state index < -0.39 is 10.6 Å². The summed E-state index contributed by atoms with van der Waals surface area (Å²) in [6.45, 7) is 2.03. The lowest BCUT2D eigenvalue weighted by Crippen LogP contribution is -1.98. The maximum absolute atomic E-state index is 8.79. The molecule has 2 nitrogen and oxygen atoms in total. The third kappa shape index (κ3) is 6.27. The Hall–Kier alpha value is 0.270. The van der Waals surface area contributed by atoms with Gasteiger partial charge in [0.05, 0.1) is 0 Å². The van der Waals surface area contributed by atoms with Gasteiger partial charge < -0.3 is 0 Å². The molecule has 52 valence electrons. The molecule has 0 radical (unpaired) electrons. The Morgan fingerprint density at radius 3 is 2.00 bits per heavy atom. The molecule has 0 atom stereocenters. The van der Waals surface area contributed by atoms with Gasteiger partial charge in [-0.2, -0.15) is 10.6 Å². The summed E-state index contributed by atoms with van der Waals surface area (Å²) in [4.78, 5) is 0. The van der Waals surface area contributed by atoms with Gasteiger partial charge >= 0.3 is 0 Å². The molecule has 8 heavy (non-hydrogen) atoms. The van der Waals surface area contributed by atoms with Gasteiger partial charge in [-0.05, 0) is 6.42 Å². The molecule has 0 aromatic rings. The van der Waals surface area contributed by atoms with Crippen molar-refractivity contribution in [2.24, 2.45) is 0 Å². The first-order valence-electron chi connectivity index (χ1n) is 2.77. The Balaban J connectivity index is 3.11. The van der Waals surface area contributed by atoms with Crippen LogP contribution in [0.25, 0.3) is 0 Å². The van der Waals surface area contributed by atoms with E-state index in [1.807, 2.05) is 6.92 Å². The van der Waals surface area contributed by atoms with Crippen molar-refractivity contribution < 1.29 is 9.11 Å². The lowest BCUT2D eigenvalue weighted by Gasteiger charge is -2.25. The molecule has 0 aromatic carbocycles. The summed E-state index contributed by atoms with van der Waals surface area (Å²) in [5, 5.41) is 0. The fraction of sp³-hybridized carbons (Fsp3) is 1.00. The quantitative estimate of drug-likeness (QED) is 0.627. The molecular weight excluding hydrogens is 124 g/mol. The van der Waals surface area contributed by atoms with E-state index in [9.17, 15) is 0 Å². The minimum absolute atomic E-state index is 0.559. The Kier molecular flexibility index (Phi) is 3.44. The maximum Gasteiger partial charge on any atom is 0.0371 e. The van der Waals surface area contributed by atoms with Crippen LogP contribution in [-0.2, 0) is 0 Å². The van der Waals surface area contributed by atoms with Gasteiger partial charge in [-0.25, -0.2) is 0 Å². The van der Waals surface area contributed by atoms with E-state index >= 15 is 0 Å². The summed E-state index contributed by atoms with van der Waals surface area (Å²) < 4.78 is 17.6. The lowest BCUT2D eigenvalue weighted by molar-refractivity contribution is 0.492. The average molecular weight is 138 g/mol. The summed E-state index contributed by atoms with van der Waals surface area (Å²) in [5.74, 6) is 0.559. The number of rotatable bonds is 3. The van der Waals surface area contributed by atoms with Crippen LogP contribution in [-0.4, -0.2) is 21.1 Å². The second kappa shape index (κ2) is 3.33. The summed E-state index contributed by atoms with van der Waals surface area (Å²) in [5.41, 5.74) is 0. The number of hydrogen-bond donors (Lipinski definition) is 2. The van der Waals surface area contributed by atoms with Crippen molar-refractivity contribution in [3.8, 4) is 0 Å². The molecule has 0 saturated heterocycles. The molecular formula is C5H14O2S. The van der Waals surface area contributed by atoms with E-state index in [0.29, 0.717) is 5.75 Å². The zero-order valence-corrected chi connectivity index (χ0v) is 6.24. The van der Waals surface area contributed by atoms with Crippen molar-refractivity contribution in [3.63, 3.8) is 0 Å². The predicted molar refractivity (Wildman–Crippen MR) is 38.5 cm³/mol. The Bertz CT molecular complexity index is 57.9. The molecule has 0 aliphatic carbocycles. The zero-order valence-electron chi connectivity index (χ0n) is 5.42. The van der Waals surface area contributed by atoms with Crippen molar-refractivity contribution in [1.29, 1.82) is 0 Å². The molecule has 0 fully saturated rings. The van der Waals surface area contributed by atoms with Crippen molar-refractivity contribution in [3.05, 3.63) is 0 Å². The van der Waals surface area contributed by atoms with Crippen LogP contribution in [0.5, 0.6) is 0 Å². The minimum atomic E-state index is -2.19. The van der Waals surface area contributed by atoms with E-state index in [1.165, 1.54) is 6.26 Å². The lowest BCUT2D eigenvalue weighted by atomic mass is 10.4. The van der Waals surface area contributed by atoms with Gasteiger partial charge in [0.15, 0.2) is 0 Å². The third-order valence-corrected chi connectivity index (χ3v) is 1.95. The molecule has 0 rings (SSSR count). The van der Waals surface area contributed by atoms with Gasteiger partial charge in [0.2, 0.25) is 0 Å². The van der Waals surface area contributed by atoms with Crippen molar-refractivity contribution >= 4 is 10.6 Å². The molecule has 0 aliphatic rings. The van der Waals surface area contributed by atoms with Crippen LogP contribution in [0.2, 0.25) is 0 Å². The highest BCUT2D eigenvalue weighted by Gasteiger charge is 2.00. The van der Waals surface area contributed by atoms with E-state index in [-0.39, 0.29) is 0 Å². The third-order valence-electron chi connectivity index (χ3n) is 0.885. The summed E-state index contributed by atoms with van der Waals surface area (Å²) >= 11 is 0. The standard InChI is InChI=1S/C5H14O2S/c1-3-4-5-8(2,6)7/h6-7H,3-5H2,1-2H3. The first kappa shape index (κ1) is 8.27. The van der Waals surface area contributed by atoms with Gasteiger partial charge in [0, 0.05) is 12.0 Å². The van der Waals surface area contributed by atoms with E-state index in [1.54, 1.807) is 0 Å². The van der Waals surface area contributed by atoms with Crippen LogP contribution in [0, 0.1) is 0 Å². The second-order valence-corrected chi connectivity index (χ2v) is 4.45. The zero-order chi connectivity index (χ0) is 6.62. The van der Waals surface area contributed by atoms with Crippen molar-refractivity contribution in [2.75, 3.05) is 12.0 Å². The normalized spacial score (nSPS) is 14.0. The SMILES string of the molecule is CCCCS(C)(O)O. The molecule has 0 bridgehead atoms. The smallest absolute Gasteiger partial charge is 0.0371 e. The van der Waals surface area contributed by atoms with Gasteiger partial charge in [0.25, 0.3) is 0 Å². The molecule has 0 aromatic heterocycles. The van der Waals surface area contributed by atoms with Crippen LogP contribution in [0.3, 0.4) is 0 Å². The van der Waals surface area contributed by atoms with Crippen molar-refractivity contribution in [2.45, 2.75) is 19.8 Å². The molecule has 2 N–H and O–H groups in total. The van der Waals surface area contributed by atoms with E-state index in [0.717, 1.165) is 12.8 Å². The average Bonchev–Trinajstić information content (AvgIpc) is 1.59. The molecule has 0 amide bonds. The predicted octanol–water partition coefficient (Wildman–Crippen LogP) is 2.17. The van der Waals surface area contributed by atoms with Crippen LogP contribution < -0.4 is 0 Å². The second-order valence-electron chi connectivity index (χ2n) is 2.05. The van der Waals surface area contributed by atoms with E-state index in [4.69, 9.17) is 9.11 Å². The van der Waals surface area contributed by atoms with Crippen LogP contribution in [0.15, 0.2) is 0 Å². The van der Waals surface area contributed by atoms with Gasteiger partial charge in [-0.1, -0.05) is 13.3 Å². The maximum atomic E-state index is 8.79. The number of hydrogen-bond acceptors (Lipinski definition) is 2. The molecule has 0 saturated carbocycles. The largest absolute Gasteiger partial charge is 0.300 e. The summed E-state index contributed by atoms with van der Waals surface area (Å²) in [6, 6.07) is 0. The fourth-order valence-corrected chi connectivity index (χ4v) is 1.25. The minimum Gasteiger partial charge on any atom is -0.300 e. The molecule has 3 heteroatoms. The molecule has 0 spiro atoms. The highest BCUT2D eigenvalue weighted by molar-refractivity contribution is 8.23. The van der Waals surface area contributed by atoms with Gasteiger partial charge in [-0.15, -0.1) is 0 Å². The fourth-order valence-electron chi connectivity index (χ4n) is 0.418. The number of unbranched alkanes of at least 4 members (excludes halogenated alkanes) is 1. The van der Waals surface area contributed by atoms with Crippen LogP contribution >= 0.6 is 10.6 Å². The van der Waals surface area contributed by atoms with Gasteiger partial charge in [-0.3, -0.25) is 9.11 Å². The highest BCUT2D eigenvalue weighted by Crippen LogP contribution is 2.33. The highest BCUT2D eigenvalue weighted by atomic mass is 32.3. The summed E-state index contributed by atoms with van der Waals surface area (Å²) in [7, 11) is -2.19. The molecule has 0 aliphatic heterocycles. The first-order valence-corrected chi connectivity index (χ1v) is 4.89. The van der Waals surface area contributed by atoms with Crippen LogP contribution in [0.1, 0.15) is 19.8 Å².